The molecule has 2 unspecified atom stereocenters. The summed E-state index contributed by atoms with van der Waals surface area (Å²) in [5, 5.41) is 3.45. The van der Waals surface area contributed by atoms with Gasteiger partial charge >= 0.3 is 0 Å². The molecule has 0 saturated carbocycles. The molecule has 0 aromatic carbocycles. The van der Waals surface area contributed by atoms with Gasteiger partial charge in [0.05, 0.1) is 0 Å². The van der Waals surface area contributed by atoms with Crippen LogP contribution < -0.4 is 11.1 Å². The SMILES string of the molecule is COCCCC(N)CNCC(C)C(C)(C)C. The lowest BCUT2D eigenvalue weighted by Gasteiger charge is -2.28. The fourth-order valence-electron chi connectivity index (χ4n) is 1.38. The van der Waals surface area contributed by atoms with Gasteiger partial charge in [-0.2, -0.15) is 0 Å². The molecule has 0 aliphatic heterocycles. The van der Waals surface area contributed by atoms with Crippen molar-refractivity contribution >= 4 is 0 Å². The standard InChI is InChI=1S/C13H30N2O/c1-11(13(2,3)4)9-15-10-12(14)7-6-8-16-5/h11-12,15H,6-10,14H2,1-5H3. The summed E-state index contributed by atoms with van der Waals surface area (Å²) in [7, 11) is 1.73. The molecule has 0 rings (SSSR count). The van der Waals surface area contributed by atoms with E-state index in [0.717, 1.165) is 32.5 Å². The van der Waals surface area contributed by atoms with Crippen LogP contribution in [-0.2, 0) is 4.74 Å². The van der Waals surface area contributed by atoms with Crippen molar-refractivity contribution in [2.45, 2.75) is 46.6 Å². The Kier molecular flexibility index (Phi) is 7.98. The number of methoxy groups -OCH3 is 1. The lowest BCUT2D eigenvalue weighted by atomic mass is 9.82. The Labute approximate surface area is 101 Å². The molecule has 3 N–H and O–H groups in total. The van der Waals surface area contributed by atoms with Crippen molar-refractivity contribution < 1.29 is 4.74 Å². The topological polar surface area (TPSA) is 47.3 Å². The van der Waals surface area contributed by atoms with E-state index in [2.05, 4.69) is 33.0 Å². The zero-order chi connectivity index (χ0) is 12.6. The summed E-state index contributed by atoms with van der Waals surface area (Å²) in [4.78, 5) is 0. The zero-order valence-corrected chi connectivity index (χ0v) is 11.7. The smallest absolute Gasteiger partial charge is 0.0462 e. The van der Waals surface area contributed by atoms with Gasteiger partial charge < -0.3 is 15.8 Å². The van der Waals surface area contributed by atoms with Crippen molar-refractivity contribution in [3.8, 4) is 0 Å². The Bertz CT molecular complexity index is 166. The Morgan fingerprint density at radius 1 is 1.25 bits per heavy atom. The minimum Gasteiger partial charge on any atom is -0.385 e. The first-order chi connectivity index (χ1) is 7.38. The van der Waals surface area contributed by atoms with Crippen LogP contribution in [0.25, 0.3) is 0 Å². The molecule has 16 heavy (non-hydrogen) atoms. The maximum absolute atomic E-state index is 5.99. The van der Waals surface area contributed by atoms with E-state index in [1.807, 2.05) is 0 Å². The average Bonchev–Trinajstić information content (AvgIpc) is 2.16. The van der Waals surface area contributed by atoms with Crippen LogP contribution in [0.5, 0.6) is 0 Å². The summed E-state index contributed by atoms with van der Waals surface area (Å²) >= 11 is 0. The molecule has 0 aliphatic carbocycles. The van der Waals surface area contributed by atoms with Gasteiger partial charge in [-0.1, -0.05) is 27.7 Å². The van der Waals surface area contributed by atoms with E-state index in [1.54, 1.807) is 7.11 Å². The molecule has 0 aromatic heterocycles. The van der Waals surface area contributed by atoms with E-state index < -0.39 is 0 Å². The predicted molar refractivity (Wildman–Crippen MR) is 70.6 cm³/mol. The summed E-state index contributed by atoms with van der Waals surface area (Å²) in [6.45, 7) is 11.9. The molecule has 3 nitrogen and oxygen atoms in total. The summed E-state index contributed by atoms with van der Waals surface area (Å²) in [6.07, 6.45) is 2.08. The van der Waals surface area contributed by atoms with Gasteiger partial charge in [0.2, 0.25) is 0 Å². The van der Waals surface area contributed by atoms with E-state index in [0.29, 0.717) is 11.3 Å². The van der Waals surface area contributed by atoms with Crippen molar-refractivity contribution in [1.82, 2.24) is 5.32 Å². The summed E-state index contributed by atoms with van der Waals surface area (Å²) in [5.41, 5.74) is 6.36. The zero-order valence-electron chi connectivity index (χ0n) is 11.7. The van der Waals surface area contributed by atoms with E-state index >= 15 is 0 Å². The third-order valence-corrected chi connectivity index (χ3v) is 3.26. The van der Waals surface area contributed by atoms with Crippen molar-refractivity contribution in [2.24, 2.45) is 17.1 Å². The molecule has 0 bridgehead atoms. The van der Waals surface area contributed by atoms with Gasteiger partial charge in [0, 0.05) is 26.3 Å². The Hall–Kier alpha value is -0.120. The van der Waals surface area contributed by atoms with Crippen LogP contribution in [0.4, 0.5) is 0 Å². The number of nitrogens with two attached hydrogens (primary N) is 1. The molecule has 3 heteroatoms. The monoisotopic (exact) mass is 230 g/mol. The second-order valence-corrected chi connectivity index (χ2v) is 5.82. The second-order valence-electron chi connectivity index (χ2n) is 5.82. The Morgan fingerprint density at radius 2 is 1.88 bits per heavy atom. The summed E-state index contributed by atoms with van der Waals surface area (Å²) in [5.74, 6) is 0.665. The normalized spacial score (nSPS) is 16.1. The van der Waals surface area contributed by atoms with Gasteiger partial charge in [-0.15, -0.1) is 0 Å². The highest BCUT2D eigenvalue weighted by molar-refractivity contribution is 4.73. The van der Waals surface area contributed by atoms with E-state index in [1.165, 1.54) is 0 Å². The van der Waals surface area contributed by atoms with E-state index in [9.17, 15) is 0 Å². The molecule has 0 aliphatic rings. The second kappa shape index (κ2) is 8.04. The van der Waals surface area contributed by atoms with Crippen LogP contribution in [0.3, 0.4) is 0 Å². The van der Waals surface area contributed by atoms with Crippen LogP contribution in [0.2, 0.25) is 0 Å². The molecule has 0 heterocycles. The molecule has 0 aromatic rings. The number of nitrogens with one attached hydrogen (secondary N) is 1. The molecule has 0 amide bonds. The van der Waals surface area contributed by atoms with Gasteiger partial charge in [-0.3, -0.25) is 0 Å². The highest BCUT2D eigenvalue weighted by atomic mass is 16.5. The molecule has 0 spiro atoms. The maximum Gasteiger partial charge on any atom is 0.0462 e. The van der Waals surface area contributed by atoms with Gasteiger partial charge in [-0.05, 0) is 30.7 Å². The minimum absolute atomic E-state index is 0.252. The molecule has 98 valence electrons. The van der Waals surface area contributed by atoms with Crippen molar-refractivity contribution in [2.75, 3.05) is 26.8 Å². The number of hydrogen-bond donors (Lipinski definition) is 2. The molecule has 0 radical (unpaired) electrons. The maximum atomic E-state index is 5.99. The van der Waals surface area contributed by atoms with Gasteiger partial charge in [0.25, 0.3) is 0 Å². The molecule has 0 saturated heterocycles. The predicted octanol–water partition coefficient (Wildman–Crippen LogP) is 2.01. The van der Waals surface area contributed by atoms with Crippen LogP contribution in [0.15, 0.2) is 0 Å². The lowest BCUT2D eigenvalue weighted by molar-refractivity contribution is 0.190. The quantitative estimate of drug-likeness (QED) is 0.627. The van der Waals surface area contributed by atoms with E-state index in [-0.39, 0.29) is 6.04 Å². The van der Waals surface area contributed by atoms with Crippen molar-refractivity contribution in [3.05, 3.63) is 0 Å². The third-order valence-electron chi connectivity index (χ3n) is 3.26. The first kappa shape index (κ1) is 15.9. The summed E-state index contributed by atoms with van der Waals surface area (Å²) < 4.78 is 5.00. The highest BCUT2D eigenvalue weighted by Gasteiger charge is 2.19. The molecule has 2 atom stereocenters. The van der Waals surface area contributed by atoms with Gasteiger partial charge in [0.1, 0.15) is 0 Å². The molecule has 0 fully saturated rings. The fraction of sp³-hybridized carbons (Fsp3) is 1.00. The Morgan fingerprint density at radius 3 is 2.38 bits per heavy atom. The van der Waals surface area contributed by atoms with Crippen LogP contribution in [0.1, 0.15) is 40.5 Å². The summed E-state index contributed by atoms with van der Waals surface area (Å²) in [6, 6.07) is 0.252. The first-order valence-corrected chi connectivity index (χ1v) is 6.33. The van der Waals surface area contributed by atoms with Crippen LogP contribution >= 0.6 is 0 Å². The molecular formula is C13H30N2O. The van der Waals surface area contributed by atoms with Gasteiger partial charge in [0.15, 0.2) is 0 Å². The highest BCUT2D eigenvalue weighted by Crippen LogP contribution is 2.24. The number of ether oxygens (including phenoxy) is 1. The van der Waals surface area contributed by atoms with Gasteiger partial charge in [-0.25, -0.2) is 0 Å². The van der Waals surface area contributed by atoms with Crippen LogP contribution in [0, 0.1) is 11.3 Å². The fourth-order valence-corrected chi connectivity index (χ4v) is 1.38. The largest absolute Gasteiger partial charge is 0.385 e. The molecular weight excluding hydrogens is 200 g/mol. The first-order valence-electron chi connectivity index (χ1n) is 6.33. The average molecular weight is 230 g/mol. The number of hydrogen-bond acceptors (Lipinski definition) is 3. The van der Waals surface area contributed by atoms with Crippen LogP contribution in [-0.4, -0.2) is 32.8 Å². The van der Waals surface area contributed by atoms with Crippen molar-refractivity contribution in [3.63, 3.8) is 0 Å². The minimum atomic E-state index is 0.252. The van der Waals surface area contributed by atoms with Crippen molar-refractivity contribution in [1.29, 1.82) is 0 Å². The lowest BCUT2D eigenvalue weighted by Crippen LogP contribution is -2.38. The Balaban J connectivity index is 3.50. The van der Waals surface area contributed by atoms with E-state index in [4.69, 9.17) is 10.5 Å². The third kappa shape index (κ3) is 8.08. The number of rotatable bonds is 8.